The van der Waals surface area contributed by atoms with E-state index in [1.807, 2.05) is 6.92 Å². The molecule has 1 fully saturated rings. The van der Waals surface area contributed by atoms with Gasteiger partial charge in [0.1, 0.15) is 5.54 Å². The fourth-order valence-corrected chi connectivity index (χ4v) is 5.01. The molecule has 23 heavy (non-hydrogen) atoms. The van der Waals surface area contributed by atoms with E-state index >= 15 is 0 Å². The van der Waals surface area contributed by atoms with Crippen LogP contribution in [0.3, 0.4) is 0 Å². The second kappa shape index (κ2) is 8.71. The zero-order valence-electron chi connectivity index (χ0n) is 13.1. The molecule has 0 aromatic carbocycles. The Labute approximate surface area is 149 Å². The van der Waals surface area contributed by atoms with E-state index in [4.69, 9.17) is 0 Å². The van der Waals surface area contributed by atoms with Gasteiger partial charge in [-0.3, -0.25) is 4.79 Å². The summed E-state index contributed by atoms with van der Waals surface area (Å²) in [6, 6.07) is 2.30. The maximum Gasteiger partial charge on any atom is 0.231 e. The Kier molecular flexibility index (Phi) is 6.93. The van der Waals surface area contributed by atoms with Crippen LogP contribution in [-0.2, 0) is 4.79 Å². The molecular formula is C15H20N4OS3. The summed E-state index contributed by atoms with van der Waals surface area (Å²) in [4.78, 5) is 12.1. The number of nitrogens with one attached hydrogen (secondary N) is 1. The highest BCUT2D eigenvalue weighted by molar-refractivity contribution is 8.03. The third-order valence-corrected chi connectivity index (χ3v) is 6.88. The van der Waals surface area contributed by atoms with E-state index < -0.39 is 5.54 Å². The highest BCUT2D eigenvalue weighted by Gasteiger charge is 2.33. The van der Waals surface area contributed by atoms with Gasteiger partial charge >= 0.3 is 0 Å². The predicted octanol–water partition coefficient (Wildman–Crippen LogP) is 3.64. The van der Waals surface area contributed by atoms with Crippen LogP contribution in [0.15, 0.2) is 20.8 Å². The molecule has 0 bridgehead atoms. The molecule has 0 aliphatic heterocycles. The lowest BCUT2D eigenvalue weighted by Gasteiger charge is -2.31. The molecule has 1 saturated carbocycles. The number of nitriles is 1. The topological polar surface area (TPSA) is 78.7 Å². The number of hydrogen-bond acceptors (Lipinski definition) is 7. The Morgan fingerprint density at radius 2 is 1.91 bits per heavy atom. The minimum atomic E-state index is -0.667. The van der Waals surface area contributed by atoms with E-state index in [2.05, 4.69) is 28.2 Å². The van der Waals surface area contributed by atoms with Gasteiger partial charge in [0, 0.05) is 5.75 Å². The van der Waals surface area contributed by atoms with Gasteiger partial charge in [-0.05, 0) is 19.8 Å². The Balaban J connectivity index is 1.80. The minimum absolute atomic E-state index is 0.107. The van der Waals surface area contributed by atoms with Crippen molar-refractivity contribution >= 4 is 40.8 Å². The first-order valence-electron chi connectivity index (χ1n) is 7.49. The molecule has 124 valence electrons. The summed E-state index contributed by atoms with van der Waals surface area (Å²) in [5.74, 6) is 0.984. The van der Waals surface area contributed by atoms with Crippen molar-refractivity contribution in [2.24, 2.45) is 0 Å². The van der Waals surface area contributed by atoms with Gasteiger partial charge < -0.3 is 5.32 Å². The van der Waals surface area contributed by atoms with Crippen LogP contribution in [0.1, 0.15) is 39.0 Å². The number of carbonyl (C=O) groups is 1. The van der Waals surface area contributed by atoms with Gasteiger partial charge in [-0.15, -0.1) is 10.2 Å². The molecule has 1 N–H and O–H groups in total. The van der Waals surface area contributed by atoms with Crippen molar-refractivity contribution in [1.29, 1.82) is 5.26 Å². The van der Waals surface area contributed by atoms with E-state index in [9.17, 15) is 10.1 Å². The van der Waals surface area contributed by atoms with Crippen LogP contribution in [0.25, 0.3) is 0 Å². The minimum Gasteiger partial charge on any atom is -0.337 e. The molecule has 5 nitrogen and oxygen atoms in total. The molecule has 1 aliphatic carbocycles. The van der Waals surface area contributed by atoms with Crippen LogP contribution in [-0.4, -0.2) is 33.1 Å². The first-order valence-corrected chi connectivity index (χ1v) is 10.3. The number of carbonyl (C=O) groups excluding carboxylic acids is 1. The third-order valence-electron chi connectivity index (χ3n) is 3.46. The predicted molar refractivity (Wildman–Crippen MR) is 95.7 cm³/mol. The summed E-state index contributed by atoms with van der Waals surface area (Å²) in [6.45, 7) is 5.83. The van der Waals surface area contributed by atoms with Crippen molar-refractivity contribution in [2.45, 2.75) is 53.2 Å². The van der Waals surface area contributed by atoms with Gasteiger partial charge in [-0.25, -0.2) is 0 Å². The molecule has 1 amide bonds. The summed E-state index contributed by atoms with van der Waals surface area (Å²) in [5, 5.41) is 20.5. The summed E-state index contributed by atoms with van der Waals surface area (Å²) < 4.78 is 1.66. The highest BCUT2D eigenvalue weighted by atomic mass is 32.2. The van der Waals surface area contributed by atoms with Crippen molar-refractivity contribution in [3.8, 4) is 6.07 Å². The van der Waals surface area contributed by atoms with Crippen LogP contribution in [0.5, 0.6) is 0 Å². The summed E-state index contributed by atoms with van der Waals surface area (Å²) in [6.07, 6.45) is 4.64. The molecule has 8 heteroatoms. The molecule has 2 rings (SSSR count). The molecule has 0 unspecified atom stereocenters. The van der Waals surface area contributed by atoms with E-state index in [0.717, 1.165) is 52.1 Å². The zero-order valence-corrected chi connectivity index (χ0v) is 15.6. The quantitative estimate of drug-likeness (QED) is 0.585. The van der Waals surface area contributed by atoms with Crippen LogP contribution < -0.4 is 5.32 Å². The maximum atomic E-state index is 12.1. The van der Waals surface area contributed by atoms with Gasteiger partial charge in [0.05, 0.1) is 11.8 Å². The first kappa shape index (κ1) is 18.3. The van der Waals surface area contributed by atoms with E-state index in [-0.39, 0.29) is 11.7 Å². The molecule has 1 heterocycles. The lowest BCUT2D eigenvalue weighted by atomic mass is 9.83. The molecule has 0 radical (unpaired) electrons. The molecule has 1 aromatic heterocycles. The second-order valence-electron chi connectivity index (χ2n) is 5.67. The van der Waals surface area contributed by atoms with Gasteiger partial charge in [0.15, 0.2) is 8.68 Å². The standard InChI is InChI=1S/C15H20N4OS3/c1-11(2)8-21-13-18-19-14(23-13)22-9-12(20)17-15(10-16)6-4-3-5-7-15/h1,3-9H2,2H3,(H,17,20). The average Bonchev–Trinajstić information content (AvgIpc) is 3.00. The Bertz CT molecular complexity index is 602. The largest absolute Gasteiger partial charge is 0.337 e. The summed E-state index contributed by atoms with van der Waals surface area (Å²) >= 11 is 4.46. The van der Waals surface area contributed by atoms with Crippen LogP contribution in [0, 0.1) is 11.3 Å². The number of aromatic nitrogens is 2. The highest BCUT2D eigenvalue weighted by Crippen LogP contribution is 2.30. The number of thioether (sulfide) groups is 2. The fourth-order valence-electron chi connectivity index (χ4n) is 2.35. The Morgan fingerprint density at radius 1 is 1.30 bits per heavy atom. The van der Waals surface area contributed by atoms with Gasteiger partial charge in [-0.1, -0.05) is 66.3 Å². The molecular weight excluding hydrogens is 348 g/mol. The number of hydrogen-bond donors (Lipinski definition) is 1. The summed E-state index contributed by atoms with van der Waals surface area (Å²) in [5.41, 5.74) is 0.424. The van der Waals surface area contributed by atoms with Crippen LogP contribution >= 0.6 is 34.9 Å². The van der Waals surface area contributed by atoms with Crippen molar-refractivity contribution in [3.63, 3.8) is 0 Å². The van der Waals surface area contributed by atoms with Crippen molar-refractivity contribution < 1.29 is 4.79 Å². The lowest BCUT2D eigenvalue weighted by molar-refractivity contribution is -0.120. The zero-order chi connectivity index (χ0) is 16.7. The van der Waals surface area contributed by atoms with Crippen molar-refractivity contribution in [3.05, 3.63) is 12.2 Å². The fraction of sp³-hybridized carbons (Fsp3) is 0.600. The number of nitrogens with zero attached hydrogens (tertiary/aromatic N) is 3. The smallest absolute Gasteiger partial charge is 0.231 e. The van der Waals surface area contributed by atoms with Gasteiger partial charge in [0.25, 0.3) is 0 Å². The maximum absolute atomic E-state index is 12.1. The number of rotatable bonds is 7. The first-order chi connectivity index (χ1) is 11.0. The lowest BCUT2D eigenvalue weighted by Crippen LogP contribution is -2.49. The van der Waals surface area contributed by atoms with E-state index in [1.54, 1.807) is 11.8 Å². The summed E-state index contributed by atoms with van der Waals surface area (Å²) in [7, 11) is 0. The molecule has 0 saturated heterocycles. The van der Waals surface area contributed by atoms with Crippen LogP contribution in [0.2, 0.25) is 0 Å². The van der Waals surface area contributed by atoms with E-state index in [1.165, 1.54) is 23.1 Å². The Hall–Kier alpha value is -1.04. The van der Waals surface area contributed by atoms with Crippen molar-refractivity contribution in [1.82, 2.24) is 15.5 Å². The molecule has 0 atom stereocenters. The van der Waals surface area contributed by atoms with E-state index in [0.29, 0.717) is 0 Å². The molecule has 0 spiro atoms. The van der Waals surface area contributed by atoms with Crippen molar-refractivity contribution in [2.75, 3.05) is 11.5 Å². The molecule has 1 aliphatic rings. The number of amides is 1. The SMILES string of the molecule is C=C(C)CSc1nnc(SCC(=O)NC2(C#N)CCCCC2)s1. The monoisotopic (exact) mass is 368 g/mol. The van der Waals surface area contributed by atoms with Gasteiger partial charge in [-0.2, -0.15) is 5.26 Å². The second-order valence-corrected chi connectivity index (χ2v) is 9.09. The van der Waals surface area contributed by atoms with Crippen LogP contribution in [0.4, 0.5) is 0 Å². The molecule has 1 aromatic rings. The average molecular weight is 369 g/mol. The third kappa shape index (κ3) is 5.83. The van der Waals surface area contributed by atoms with Gasteiger partial charge in [0.2, 0.25) is 5.91 Å². The Morgan fingerprint density at radius 3 is 2.48 bits per heavy atom. The normalized spacial score (nSPS) is 16.5.